The highest BCUT2D eigenvalue weighted by Crippen LogP contribution is 2.46. The number of para-hydroxylation sites is 1. The first-order chi connectivity index (χ1) is 14.0. The van der Waals surface area contributed by atoms with E-state index in [0.29, 0.717) is 18.0 Å². The van der Waals surface area contributed by atoms with Gasteiger partial charge in [-0.05, 0) is 63.8 Å². The van der Waals surface area contributed by atoms with Crippen LogP contribution in [0, 0.1) is 12.7 Å². The van der Waals surface area contributed by atoms with E-state index in [-0.39, 0.29) is 18.5 Å². The van der Waals surface area contributed by atoms with Crippen LogP contribution in [-0.4, -0.2) is 11.8 Å². The molecule has 1 atom stereocenters. The van der Waals surface area contributed by atoms with Gasteiger partial charge in [-0.2, -0.15) is 0 Å². The Morgan fingerprint density at radius 3 is 2.69 bits per heavy atom. The molecule has 2 aromatic rings. The quantitative estimate of drug-likeness (QED) is 0.581. The zero-order chi connectivity index (χ0) is 21.0. The normalized spacial score (nSPS) is 18.0. The molecule has 0 fully saturated rings. The summed E-state index contributed by atoms with van der Waals surface area (Å²) in [5.41, 5.74) is 4.79. The summed E-state index contributed by atoms with van der Waals surface area (Å²) in [6, 6.07) is 8.58. The molecule has 2 aliphatic rings. The number of aromatic hydroxyl groups is 1. The molecule has 4 rings (SSSR count). The number of hydrogen-bond donors (Lipinski definition) is 1. The van der Waals surface area contributed by atoms with Crippen molar-refractivity contribution in [1.29, 1.82) is 0 Å². The molecule has 1 N–H and O–H groups in total. The highest BCUT2D eigenvalue weighted by molar-refractivity contribution is 5.60. The van der Waals surface area contributed by atoms with E-state index in [9.17, 15) is 9.50 Å². The second-order valence-electron chi connectivity index (χ2n) is 7.78. The average Bonchev–Trinajstić information content (AvgIpc) is 2.69. The van der Waals surface area contributed by atoms with Crippen LogP contribution in [0.1, 0.15) is 55.7 Å². The van der Waals surface area contributed by atoms with Crippen molar-refractivity contribution in [1.82, 2.24) is 0 Å². The van der Waals surface area contributed by atoms with Crippen molar-refractivity contribution in [2.24, 2.45) is 0 Å². The second kappa shape index (κ2) is 9.17. The molecule has 0 spiro atoms. The molecule has 2 aromatic carbocycles. The number of fused-ring (bicyclic) bond motifs is 1. The Hall–Kier alpha value is -2.75. The third-order valence-corrected chi connectivity index (χ3v) is 5.47. The van der Waals surface area contributed by atoms with Gasteiger partial charge in [0.25, 0.3) is 0 Å². The van der Waals surface area contributed by atoms with Crippen LogP contribution in [0.3, 0.4) is 0 Å². The Bertz CT molecular complexity index is 919. The molecule has 1 heterocycles. The van der Waals surface area contributed by atoms with Crippen molar-refractivity contribution in [3.05, 3.63) is 77.1 Å². The minimum atomic E-state index is -0.248. The highest BCUT2D eigenvalue weighted by Gasteiger charge is 2.29. The van der Waals surface area contributed by atoms with E-state index in [4.69, 9.17) is 4.74 Å². The predicted octanol–water partition coefficient (Wildman–Crippen LogP) is 6.60. The predicted molar refractivity (Wildman–Crippen MR) is 117 cm³/mol. The number of phenols is 1. The molecule has 4 heteroatoms. The molecule has 0 radical (unpaired) electrons. The van der Waals surface area contributed by atoms with Gasteiger partial charge in [0.05, 0.1) is 12.2 Å². The van der Waals surface area contributed by atoms with Crippen molar-refractivity contribution in [3.8, 4) is 11.5 Å². The van der Waals surface area contributed by atoms with E-state index >= 15 is 0 Å². The summed E-state index contributed by atoms with van der Waals surface area (Å²) in [5, 5.41) is 10.6. The molecule has 0 saturated heterocycles. The highest BCUT2D eigenvalue weighted by atomic mass is 19.1. The van der Waals surface area contributed by atoms with Gasteiger partial charge in [0.1, 0.15) is 17.3 Å². The molecule has 0 saturated carbocycles. The second-order valence-corrected chi connectivity index (χ2v) is 7.78. The van der Waals surface area contributed by atoms with E-state index in [1.807, 2.05) is 30.9 Å². The molecule has 1 aliphatic heterocycles. The van der Waals surface area contributed by atoms with Gasteiger partial charge < -0.3 is 14.7 Å². The Kier molecular flexibility index (Phi) is 6.63. The zero-order valence-electron chi connectivity index (χ0n) is 17.5. The standard InChI is InChI=1S/C22H24FNO2.C3H6/c1-14-6-5-7-16(10-14)21-20(25)11-15(2)17-12-24(13-26-22(17)21)19-9-4-3-8-18(19)23;1-3-2/h3-4,8-11,16,25H,5-7,12-13H2,1-2H3;3H,1H2,2H3. The number of ether oxygens (including phenoxy) is 1. The fourth-order valence-corrected chi connectivity index (χ4v) is 4.13. The van der Waals surface area contributed by atoms with Crippen molar-refractivity contribution in [3.63, 3.8) is 0 Å². The minimum absolute atomic E-state index is 0.179. The maximum atomic E-state index is 14.2. The monoisotopic (exact) mass is 395 g/mol. The number of halogens is 1. The number of benzene rings is 2. The lowest BCUT2D eigenvalue weighted by Crippen LogP contribution is -2.33. The fourth-order valence-electron chi connectivity index (χ4n) is 4.13. The van der Waals surface area contributed by atoms with Crippen LogP contribution in [-0.2, 0) is 6.54 Å². The van der Waals surface area contributed by atoms with Crippen molar-refractivity contribution in [2.45, 2.75) is 52.5 Å². The summed E-state index contributed by atoms with van der Waals surface area (Å²) in [6.45, 7) is 10.2. The largest absolute Gasteiger partial charge is 0.507 e. The molecule has 0 amide bonds. The van der Waals surface area contributed by atoms with Gasteiger partial charge in [0.15, 0.2) is 6.73 Å². The van der Waals surface area contributed by atoms with Crippen LogP contribution >= 0.6 is 0 Å². The zero-order valence-corrected chi connectivity index (χ0v) is 17.5. The van der Waals surface area contributed by atoms with Gasteiger partial charge in [-0.15, -0.1) is 6.58 Å². The van der Waals surface area contributed by atoms with Crippen LogP contribution in [0.25, 0.3) is 0 Å². The van der Waals surface area contributed by atoms with Crippen molar-refractivity contribution in [2.75, 3.05) is 11.6 Å². The number of rotatable bonds is 2. The fraction of sp³-hybridized carbons (Fsp3) is 0.360. The summed E-state index contributed by atoms with van der Waals surface area (Å²) in [5.74, 6) is 1.02. The lowest BCUT2D eigenvalue weighted by Gasteiger charge is -2.34. The van der Waals surface area contributed by atoms with Gasteiger partial charge in [-0.25, -0.2) is 4.39 Å². The summed E-state index contributed by atoms with van der Waals surface area (Å²) in [7, 11) is 0. The molecule has 0 bridgehead atoms. The van der Waals surface area contributed by atoms with Crippen LogP contribution < -0.4 is 9.64 Å². The lowest BCUT2D eigenvalue weighted by molar-refractivity contribution is 0.280. The Morgan fingerprint density at radius 1 is 1.28 bits per heavy atom. The van der Waals surface area contributed by atoms with Crippen molar-refractivity contribution < 1.29 is 14.2 Å². The van der Waals surface area contributed by atoms with E-state index in [2.05, 4.69) is 19.6 Å². The molecule has 0 aromatic heterocycles. The smallest absolute Gasteiger partial charge is 0.161 e. The first kappa shape index (κ1) is 21.0. The van der Waals surface area contributed by atoms with E-state index < -0.39 is 0 Å². The van der Waals surface area contributed by atoms with Crippen molar-refractivity contribution >= 4 is 5.69 Å². The Morgan fingerprint density at radius 2 is 2.00 bits per heavy atom. The number of hydrogen-bond acceptors (Lipinski definition) is 3. The van der Waals surface area contributed by atoms with E-state index in [1.54, 1.807) is 18.2 Å². The summed E-state index contributed by atoms with van der Waals surface area (Å²) in [4.78, 5) is 1.90. The minimum Gasteiger partial charge on any atom is -0.507 e. The SMILES string of the molecule is C=CC.CC1=CC(c2c(O)cc(C)c3c2OCN(c2ccccc2F)C3)CCC1. The van der Waals surface area contributed by atoms with Crippen LogP contribution in [0.5, 0.6) is 11.5 Å². The molecule has 3 nitrogen and oxygen atoms in total. The number of allylic oxidation sites excluding steroid dienone is 3. The van der Waals surface area contributed by atoms with E-state index in [1.165, 1.54) is 11.6 Å². The van der Waals surface area contributed by atoms with Crippen LogP contribution in [0.4, 0.5) is 10.1 Å². The number of aryl methyl sites for hydroxylation is 1. The van der Waals surface area contributed by atoms with Crippen LogP contribution in [0.15, 0.2) is 54.6 Å². The first-order valence-electron chi connectivity index (χ1n) is 10.2. The third kappa shape index (κ3) is 4.47. The Balaban J connectivity index is 0.000000755. The summed E-state index contributed by atoms with van der Waals surface area (Å²) in [6.07, 6.45) is 7.26. The summed E-state index contributed by atoms with van der Waals surface area (Å²) >= 11 is 0. The lowest BCUT2D eigenvalue weighted by atomic mass is 9.83. The number of phenolic OH excluding ortho intramolecular Hbond substituents is 1. The first-order valence-corrected chi connectivity index (χ1v) is 10.2. The molecule has 1 unspecified atom stereocenters. The molecular weight excluding hydrogens is 365 g/mol. The number of nitrogens with zero attached hydrogens (tertiary/aromatic N) is 1. The van der Waals surface area contributed by atoms with Gasteiger partial charge in [-0.3, -0.25) is 0 Å². The molecule has 29 heavy (non-hydrogen) atoms. The summed E-state index contributed by atoms with van der Waals surface area (Å²) < 4.78 is 20.3. The van der Waals surface area contributed by atoms with Gasteiger partial charge in [0, 0.05) is 17.0 Å². The van der Waals surface area contributed by atoms with E-state index in [0.717, 1.165) is 41.7 Å². The average molecular weight is 396 g/mol. The third-order valence-electron chi connectivity index (χ3n) is 5.47. The van der Waals surface area contributed by atoms with Gasteiger partial charge >= 0.3 is 0 Å². The molecular formula is C25H30FNO2. The van der Waals surface area contributed by atoms with Gasteiger partial charge in [0.2, 0.25) is 0 Å². The molecule has 1 aliphatic carbocycles. The maximum absolute atomic E-state index is 14.2. The molecule has 154 valence electrons. The Labute approximate surface area is 173 Å². The van der Waals surface area contributed by atoms with Gasteiger partial charge in [-0.1, -0.05) is 29.9 Å². The topological polar surface area (TPSA) is 32.7 Å². The maximum Gasteiger partial charge on any atom is 0.161 e. The number of anilines is 1. The van der Waals surface area contributed by atoms with Crippen LogP contribution in [0.2, 0.25) is 0 Å².